The van der Waals surface area contributed by atoms with E-state index in [4.69, 9.17) is 27.9 Å². The molecule has 1 aliphatic carbocycles. The van der Waals surface area contributed by atoms with E-state index in [0.29, 0.717) is 10.0 Å². The lowest BCUT2D eigenvalue weighted by atomic mass is 9.82. The molecule has 0 amide bonds. The van der Waals surface area contributed by atoms with Crippen LogP contribution in [-0.4, -0.2) is 17.2 Å². The number of hydrogen-bond donors (Lipinski definition) is 0. The zero-order valence-electron chi connectivity index (χ0n) is 15.0. The summed E-state index contributed by atoms with van der Waals surface area (Å²) in [5.74, 6) is 0.758. The molecule has 2 nitrogen and oxygen atoms in total. The number of nitrogens with zero attached hydrogens (tertiary/aromatic N) is 1. The molecular weight excluding hydrogens is 365 g/mol. The van der Waals surface area contributed by atoms with E-state index in [2.05, 4.69) is 48.2 Å². The number of ether oxygens (including phenoxy) is 1. The second-order valence-electron chi connectivity index (χ2n) is 7.07. The van der Waals surface area contributed by atoms with E-state index >= 15 is 0 Å². The number of likely N-dealkylation sites (N-methyl/N-ethyl adjacent to an activating group) is 1. The SMILES string of the molecule is CCN(Cc1ccccc1)C12CCCCC1=Cc1cc(Cl)cc(Cl)c1O2. The first-order valence-corrected chi connectivity index (χ1v) is 10.1. The van der Waals surface area contributed by atoms with Crippen LogP contribution in [-0.2, 0) is 6.54 Å². The summed E-state index contributed by atoms with van der Waals surface area (Å²) in [6.07, 6.45) is 6.64. The van der Waals surface area contributed by atoms with Crippen LogP contribution in [0.5, 0.6) is 5.75 Å². The molecule has 1 fully saturated rings. The minimum atomic E-state index is -0.409. The molecule has 1 aliphatic heterocycles. The number of fused-ring (bicyclic) bond motifs is 2. The molecular formula is C22H23Cl2NO. The summed E-state index contributed by atoms with van der Waals surface area (Å²) in [6, 6.07) is 14.3. The highest BCUT2D eigenvalue weighted by molar-refractivity contribution is 6.36. The van der Waals surface area contributed by atoms with Crippen molar-refractivity contribution in [3.8, 4) is 5.75 Å². The van der Waals surface area contributed by atoms with Gasteiger partial charge in [0.15, 0.2) is 5.72 Å². The van der Waals surface area contributed by atoms with Gasteiger partial charge in [-0.05, 0) is 55.2 Å². The van der Waals surface area contributed by atoms with Crippen molar-refractivity contribution >= 4 is 29.3 Å². The second kappa shape index (κ2) is 7.26. The summed E-state index contributed by atoms with van der Waals surface area (Å²) < 4.78 is 6.70. The third-order valence-corrected chi connectivity index (χ3v) is 5.96. The minimum absolute atomic E-state index is 0.409. The van der Waals surface area contributed by atoms with Crippen LogP contribution in [0.1, 0.15) is 43.7 Å². The summed E-state index contributed by atoms with van der Waals surface area (Å²) in [5, 5.41) is 1.23. The zero-order valence-corrected chi connectivity index (χ0v) is 16.5. The smallest absolute Gasteiger partial charge is 0.186 e. The lowest BCUT2D eigenvalue weighted by Crippen LogP contribution is -2.56. The van der Waals surface area contributed by atoms with Crippen molar-refractivity contribution in [2.45, 2.75) is 44.9 Å². The van der Waals surface area contributed by atoms with Crippen LogP contribution < -0.4 is 4.74 Å². The first-order chi connectivity index (χ1) is 12.6. The van der Waals surface area contributed by atoms with Crippen molar-refractivity contribution in [2.24, 2.45) is 0 Å². The molecule has 1 heterocycles. The summed E-state index contributed by atoms with van der Waals surface area (Å²) in [4.78, 5) is 2.45. The van der Waals surface area contributed by atoms with E-state index < -0.39 is 5.72 Å². The Morgan fingerprint density at radius 3 is 2.69 bits per heavy atom. The van der Waals surface area contributed by atoms with Gasteiger partial charge in [-0.1, -0.05) is 60.5 Å². The lowest BCUT2D eigenvalue weighted by molar-refractivity contribution is -0.0766. The molecule has 0 saturated heterocycles. The number of halogens is 2. The molecule has 1 saturated carbocycles. The maximum Gasteiger partial charge on any atom is 0.186 e. The maximum absolute atomic E-state index is 6.70. The molecule has 2 aromatic rings. The molecule has 0 bridgehead atoms. The zero-order chi connectivity index (χ0) is 18.1. The molecule has 26 heavy (non-hydrogen) atoms. The van der Waals surface area contributed by atoms with Crippen LogP contribution in [0.4, 0.5) is 0 Å². The quantitative estimate of drug-likeness (QED) is 0.588. The van der Waals surface area contributed by atoms with Gasteiger partial charge in [0.2, 0.25) is 0 Å². The fourth-order valence-corrected chi connectivity index (χ4v) is 4.76. The predicted molar refractivity (Wildman–Crippen MR) is 109 cm³/mol. The molecule has 1 unspecified atom stereocenters. The Hall–Kier alpha value is -1.48. The largest absolute Gasteiger partial charge is 0.466 e. The fraction of sp³-hybridized carbons (Fsp3) is 0.364. The van der Waals surface area contributed by atoms with Gasteiger partial charge in [-0.3, -0.25) is 4.90 Å². The normalized spacial score (nSPS) is 21.6. The topological polar surface area (TPSA) is 12.5 Å². The molecule has 0 spiro atoms. The van der Waals surface area contributed by atoms with Crippen LogP contribution in [0.2, 0.25) is 10.0 Å². The Balaban J connectivity index is 1.76. The summed E-state index contributed by atoms with van der Waals surface area (Å²) in [6.45, 7) is 3.97. The maximum atomic E-state index is 6.70. The molecule has 0 aromatic heterocycles. The molecule has 4 heteroatoms. The molecule has 4 rings (SSSR count). The van der Waals surface area contributed by atoms with Gasteiger partial charge in [0, 0.05) is 23.6 Å². The standard InChI is InChI=1S/C22H23Cl2NO/c1-2-25(15-16-8-4-3-5-9-16)22-11-7-6-10-18(22)12-17-13-19(23)14-20(24)21(17)26-22/h3-5,8-9,12-14H,2,6-7,10-11,15H2,1H3. The highest BCUT2D eigenvalue weighted by Gasteiger charge is 2.46. The van der Waals surface area contributed by atoms with E-state index in [0.717, 1.165) is 43.7 Å². The molecule has 0 radical (unpaired) electrons. The number of rotatable bonds is 4. The molecule has 0 N–H and O–H groups in total. The van der Waals surface area contributed by atoms with Crippen molar-refractivity contribution in [3.05, 3.63) is 69.2 Å². The number of hydrogen-bond acceptors (Lipinski definition) is 2. The Morgan fingerprint density at radius 1 is 1.12 bits per heavy atom. The first kappa shape index (κ1) is 17.9. The van der Waals surface area contributed by atoms with Crippen LogP contribution in [0, 0.1) is 0 Å². The highest BCUT2D eigenvalue weighted by Crippen LogP contribution is 2.48. The van der Waals surface area contributed by atoms with E-state index in [1.54, 1.807) is 6.07 Å². The third kappa shape index (κ3) is 3.15. The van der Waals surface area contributed by atoms with Crippen LogP contribution >= 0.6 is 23.2 Å². The van der Waals surface area contributed by atoms with E-state index in [1.807, 2.05) is 6.07 Å². The van der Waals surface area contributed by atoms with Crippen molar-refractivity contribution in [3.63, 3.8) is 0 Å². The molecule has 2 aliphatic rings. The van der Waals surface area contributed by atoms with Gasteiger partial charge in [-0.25, -0.2) is 0 Å². The molecule has 2 aromatic carbocycles. The van der Waals surface area contributed by atoms with Gasteiger partial charge in [-0.2, -0.15) is 0 Å². The van der Waals surface area contributed by atoms with Gasteiger partial charge in [-0.15, -0.1) is 0 Å². The Labute approximate surface area is 165 Å². The van der Waals surface area contributed by atoms with Crippen molar-refractivity contribution in [2.75, 3.05) is 6.54 Å². The van der Waals surface area contributed by atoms with E-state index in [-0.39, 0.29) is 0 Å². The number of benzene rings is 2. The van der Waals surface area contributed by atoms with Gasteiger partial charge in [0.1, 0.15) is 5.75 Å². The van der Waals surface area contributed by atoms with E-state index in [1.165, 1.54) is 17.6 Å². The summed E-state index contributed by atoms with van der Waals surface area (Å²) in [7, 11) is 0. The summed E-state index contributed by atoms with van der Waals surface area (Å²) in [5.41, 5.74) is 3.22. The second-order valence-corrected chi connectivity index (χ2v) is 7.91. The average Bonchev–Trinajstić information content (AvgIpc) is 2.65. The molecule has 136 valence electrons. The minimum Gasteiger partial charge on any atom is -0.466 e. The van der Waals surface area contributed by atoms with Gasteiger partial charge in [0.05, 0.1) is 5.02 Å². The fourth-order valence-electron chi connectivity index (χ4n) is 4.21. The average molecular weight is 388 g/mol. The van der Waals surface area contributed by atoms with E-state index in [9.17, 15) is 0 Å². The molecule has 1 atom stereocenters. The van der Waals surface area contributed by atoms with Crippen molar-refractivity contribution < 1.29 is 4.74 Å². The van der Waals surface area contributed by atoms with Crippen LogP contribution in [0.15, 0.2) is 48.0 Å². The van der Waals surface area contributed by atoms with Crippen molar-refractivity contribution in [1.29, 1.82) is 0 Å². The summed E-state index contributed by atoms with van der Waals surface area (Å²) >= 11 is 12.7. The first-order valence-electron chi connectivity index (χ1n) is 9.30. The van der Waals surface area contributed by atoms with Gasteiger partial charge in [0.25, 0.3) is 0 Å². The Morgan fingerprint density at radius 2 is 1.92 bits per heavy atom. The van der Waals surface area contributed by atoms with Crippen molar-refractivity contribution in [1.82, 2.24) is 4.90 Å². The third-order valence-electron chi connectivity index (χ3n) is 5.46. The Kier molecular flexibility index (Phi) is 5.00. The van der Waals surface area contributed by atoms with Crippen LogP contribution in [0.3, 0.4) is 0 Å². The van der Waals surface area contributed by atoms with Gasteiger partial charge >= 0.3 is 0 Å². The predicted octanol–water partition coefficient (Wildman–Crippen LogP) is 6.56. The van der Waals surface area contributed by atoms with Crippen LogP contribution in [0.25, 0.3) is 6.08 Å². The van der Waals surface area contributed by atoms with Gasteiger partial charge < -0.3 is 4.74 Å². The highest BCUT2D eigenvalue weighted by atomic mass is 35.5. The monoisotopic (exact) mass is 387 g/mol. The Bertz CT molecular complexity index is 834. The lowest BCUT2D eigenvalue weighted by Gasteiger charge is -2.49.